The lowest BCUT2D eigenvalue weighted by molar-refractivity contribution is -0.122. The van der Waals surface area contributed by atoms with E-state index < -0.39 is 17.3 Å². The lowest BCUT2D eigenvalue weighted by Crippen LogP contribution is -2.44. The largest absolute Gasteiger partial charge is 0.484 e. The van der Waals surface area contributed by atoms with Crippen molar-refractivity contribution in [3.8, 4) is 5.75 Å². The van der Waals surface area contributed by atoms with Gasteiger partial charge in [-0.3, -0.25) is 14.5 Å². The second-order valence-electron chi connectivity index (χ2n) is 7.12. The minimum absolute atomic E-state index is 0.0519. The van der Waals surface area contributed by atoms with E-state index in [1.165, 1.54) is 19.2 Å². The first-order valence-corrected chi connectivity index (χ1v) is 9.89. The lowest BCUT2D eigenvalue weighted by atomic mass is 10.0. The van der Waals surface area contributed by atoms with Gasteiger partial charge in [0, 0.05) is 12.7 Å². The van der Waals surface area contributed by atoms with Crippen LogP contribution in [0.4, 0.5) is 21.5 Å². The molecule has 1 aliphatic rings. The van der Waals surface area contributed by atoms with Crippen molar-refractivity contribution in [3.63, 3.8) is 0 Å². The van der Waals surface area contributed by atoms with E-state index >= 15 is 0 Å². The molecule has 7 nitrogen and oxygen atoms in total. The van der Waals surface area contributed by atoms with Crippen LogP contribution in [0.3, 0.4) is 0 Å². The Labute approximate surface area is 189 Å². The van der Waals surface area contributed by atoms with Crippen molar-refractivity contribution in [1.29, 1.82) is 0 Å². The van der Waals surface area contributed by atoms with Crippen molar-refractivity contribution in [2.45, 2.75) is 19.4 Å². The van der Waals surface area contributed by atoms with Gasteiger partial charge in [0.15, 0.2) is 17.5 Å². The standard InChI is InChI=1S/C21H18ClFN4O3S/c1-21(2)19(29)26(15-10-9-14(24-3)17(22)18(15)23)20(31)27(21)12-5-7-13(8-6-12)30-11-16(28)25-4/h5-10H,11H2,1-2,4H3,(H,25,28). The maximum absolute atomic E-state index is 14.9. The normalized spacial score (nSPS) is 15.1. The number of thiocarbonyl (C=S) groups is 1. The van der Waals surface area contributed by atoms with Crippen LogP contribution < -0.4 is 19.9 Å². The minimum Gasteiger partial charge on any atom is -0.484 e. The summed E-state index contributed by atoms with van der Waals surface area (Å²) in [5, 5.41) is 2.17. The molecule has 1 fully saturated rings. The molecule has 0 aromatic heterocycles. The highest BCUT2D eigenvalue weighted by Gasteiger charge is 2.51. The van der Waals surface area contributed by atoms with Crippen LogP contribution in [0.2, 0.25) is 5.02 Å². The molecule has 0 spiro atoms. The topological polar surface area (TPSA) is 66.2 Å². The molecular formula is C21H18ClFN4O3S. The molecule has 160 valence electrons. The molecule has 0 atom stereocenters. The third-order valence-corrected chi connectivity index (χ3v) is 5.54. The monoisotopic (exact) mass is 460 g/mol. The van der Waals surface area contributed by atoms with Gasteiger partial charge in [-0.2, -0.15) is 0 Å². The summed E-state index contributed by atoms with van der Waals surface area (Å²) in [6.45, 7) is 10.3. The number of rotatable bonds is 5. The first-order valence-electron chi connectivity index (χ1n) is 9.11. The Morgan fingerprint density at radius 1 is 1.29 bits per heavy atom. The second-order valence-corrected chi connectivity index (χ2v) is 7.86. The number of likely N-dealkylation sites (N-methyl/N-ethyl adjacent to an activating group) is 1. The molecule has 0 unspecified atom stereocenters. The van der Waals surface area contributed by atoms with E-state index in [-0.39, 0.29) is 34.0 Å². The zero-order valence-electron chi connectivity index (χ0n) is 16.9. The highest BCUT2D eigenvalue weighted by molar-refractivity contribution is 7.81. The van der Waals surface area contributed by atoms with Gasteiger partial charge in [-0.25, -0.2) is 9.24 Å². The Hall–Kier alpha value is -3.22. The number of benzene rings is 2. The summed E-state index contributed by atoms with van der Waals surface area (Å²) in [5.41, 5.74) is -0.696. The zero-order chi connectivity index (χ0) is 22.9. The van der Waals surface area contributed by atoms with Gasteiger partial charge in [-0.05, 0) is 56.4 Å². The molecule has 1 saturated heterocycles. The summed E-state index contributed by atoms with van der Waals surface area (Å²) in [6, 6.07) is 9.33. The lowest BCUT2D eigenvalue weighted by Gasteiger charge is -2.29. The Kier molecular flexibility index (Phi) is 6.15. The maximum Gasteiger partial charge on any atom is 0.259 e. The molecule has 0 aliphatic carbocycles. The van der Waals surface area contributed by atoms with Crippen molar-refractivity contribution in [1.82, 2.24) is 5.32 Å². The van der Waals surface area contributed by atoms with Crippen molar-refractivity contribution in [2.75, 3.05) is 23.5 Å². The van der Waals surface area contributed by atoms with Crippen molar-refractivity contribution >= 4 is 57.8 Å². The number of nitrogens with zero attached hydrogens (tertiary/aromatic N) is 3. The molecule has 3 rings (SSSR count). The van der Waals surface area contributed by atoms with Gasteiger partial charge < -0.3 is 15.0 Å². The Morgan fingerprint density at radius 3 is 2.52 bits per heavy atom. The van der Waals surface area contributed by atoms with Crippen LogP contribution in [0.25, 0.3) is 4.85 Å². The van der Waals surface area contributed by atoms with Crippen LogP contribution in [0.1, 0.15) is 13.8 Å². The molecule has 1 heterocycles. The number of carbonyl (C=O) groups is 2. The minimum atomic E-state index is -1.11. The average Bonchev–Trinajstić information content (AvgIpc) is 2.93. The Bertz CT molecular complexity index is 1110. The number of amides is 2. The zero-order valence-corrected chi connectivity index (χ0v) is 18.5. The molecule has 2 amide bonds. The van der Waals surface area contributed by atoms with E-state index in [0.717, 1.165) is 4.90 Å². The summed E-state index contributed by atoms with van der Waals surface area (Å²) in [7, 11) is 1.51. The quantitative estimate of drug-likeness (QED) is 0.538. The summed E-state index contributed by atoms with van der Waals surface area (Å²) < 4.78 is 20.3. The van der Waals surface area contributed by atoms with Crippen molar-refractivity contribution in [3.05, 3.63) is 58.7 Å². The second kappa shape index (κ2) is 8.49. The van der Waals surface area contributed by atoms with Crippen LogP contribution in [-0.4, -0.2) is 36.1 Å². The summed E-state index contributed by atoms with van der Waals surface area (Å²) >= 11 is 11.5. The van der Waals surface area contributed by atoms with Crippen LogP contribution in [0, 0.1) is 12.4 Å². The van der Waals surface area contributed by atoms with Crippen molar-refractivity contribution < 1.29 is 18.7 Å². The van der Waals surface area contributed by atoms with Gasteiger partial charge in [0.1, 0.15) is 11.3 Å². The van der Waals surface area contributed by atoms with Crippen LogP contribution >= 0.6 is 23.8 Å². The van der Waals surface area contributed by atoms with E-state index in [1.807, 2.05) is 0 Å². The third kappa shape index (κ3) is 3.92. The molecule has 1 N–H and O–H groups in total. The number of ether oxygens (including phenoxy) is 1. The van der Waals surface area contributed by atoms with E-state index in [9.17, 15) is 14.0 Å². The maximum atomic E-state index is 14.9. The predicted molar refractivity (Wildman–Crippen MR) is 120 cm³/mol. The van der Waals surface area contributed by atoms with Crippen molar-refractivity contribution in [2.24, 2.45) is 0 Å². The molecule has 2 aromatic rings. The number of halogens is 2. The van der Waals surface area contributed by atoms with Gasteiger partial charge in [-0.1, -0.05) is 17.7 Å². The van der Waals surface area contributed by atoms with Gasteiger partial charge >= 0.3 is 0 Å². The molecule has 0 bridgehead atoms. The highest BCUT2D eigenvalue weighted by Crippen LogP contribution is 2.40. The van der Waals surface area contributed by atoms with Crippen LogP contribution in [-0.2, 0) is 9.59 Å². The van der Waals surface area contributed by atoms with Crippen LogP contribution in [0.5, 0.6) is 5.75 Å². The number of hydrogen-bond acceptors (Lipinski definition) is 4. The number of anilines is 2. The first-order chi connectivity index (χ1) is 14.6. The van der Waals surface area contributed by atoms with Gasteiger partial charge in [0.2, 0.25) is 5.69 Å². The van der Waals surface area contributed by atoms with E-state index in [0.29, 0.717) is 11.4 Å². The highest BCUT2D eigenvalue weighted by atomic mass is 35.5. The summed E-state index contributed by atoms with van der Waals surface area (Å²) in [6.07, 6.45) is 0. The summed E-state index contributed by atoms with van der Waals surface area (Å²) in [4.78, 5) is 30.3. The van der Waals surface area contributed by atoms with Gasteiger partial charge in [-0.15, -0.1) is 0 Å². The molecule has 31 heavy (non-hydrogen) atoms. The third-order valence-electron chi connectivity index (χ3n) is 4.81. The molecular weight excluding hydrogens is 443 g/mol. The fourth-order valence-electron chi connectivity index (χ4n) is 3.14. The van der Waals surface area contributed by atoms with Gasteiger partial charge in [0.25, 0.3) is 11.8 Å². The fourth-order valence-corrected chi connectivity index (χ4v) is 3.86. The average molecular weight is 461 g/mol. The fraction of sp³-hybridized carbons (Fsp3) is 0.238. The Balaban J connectivity index is 1.94. The Morgan fingerprint density at radius 2 is 1.94 bits per heavy atom. The number of carbonyl (C=O) groups excluding carboxylic acids is 2. The smallest absolute Gasteiger partial charge is 0.259 e. The van der Waals surface area contributed by atoms with E-state index in [1.54, 1.807) is 43.0 Å². The summed E-state index contributed by atoms with van der Waals surface area (Å²) in [5.74, 6) is -1.13. The molecule has 2 aromatic carbocycles. The predicted octanol–water partition coefficient (Wildman–Crippen LogP) is 4.07. The molecule has 1 aliphatic heterocycles. The molecule has 0 radical (unpaired) electrons. The molecule has 0 saturated carbocycles. The van der Waals surface area contributed by atoms with Gasteiger partial charge in [0.05, 0.1) is 17.3 Å². The SMILES string of the molecule is [C-]#[N+]c1ccc(N2C(=O)C(C)(C)N(c3ccc(OCC(=O)NC)cc3)C2=S)c(F)c1Cl. The first kappa shape index (κ1) is 22.5. The van der Waals surface area contributed by atoms with Crippen LogP contribution in [0.15, 0.2) is 36.4 Å². The number of nitrogens with one attached hydrogen (secondary N) is 1. The number of hydrogen-bond donors (Lipinski definition) is 1. The van der Waals surface area contributed by atoms with E-state index in [4.69, 9.17) is 35.1 Å². The molecule has 10 heteroatoms. The van der Waals surface area contributed by atoms with E-state index in [2.05, 4.69) is 10.2 Å².